The molecule has 0 atom stereocenters. The second kappa shape index (κ2) is 6.16. The van der Waals surface area contributed by atoms with Crippen LogP contribution in [0.25, 0.3) is 22.6 Å². The molecule has 5 heteroatoms. The SMILES string of the molecule is Cc1ccc2nc(-c3ccc4nccn4c3)c(NC3CCCCC3)n2c1. The summed E-state index contributed by atoms with van der Waals surface area (Å²) in [5.41, 5.74) is 5.29. The molecule has 0 spiro atoms. The summed E-state index contributed by atoms with van der Waals surface area (Å²) in [6.45, 7) is 2.13. The lowest BCUT2D eigenvalue weighted by Crippen LogP contribution is -2.23. The molecule has 0 aliphatic heterocycles. The lowest BCUT2D eigenvalue weighted by atomic mass is 9.95. The molecule has 1 fully saturated rings. The Bertz CT molecular complexity index is 1070. The zero-order valence-electron chi connectivity index (χ0n) is 15.0. The van der Waals surface area contributed by atoms with Crippen LogP contribution in [0.4, 0.5) is 5.82 Å². The van der Waals surface area contributed by atoms with Crippen LogP contribution >= 0.6 is 0 Å². The average Bonchev–Trinajstić information content (AvgIpc) is 3.27. The van der Waals surface area contributed by atoms with E-state index in [4.69, 9.17) is 4.98 Å². The van der Waals surface area contributed by atoms with Crippen LogP contribution in [-0.4, -0.2) is 24.8 Å². The molecule has 5 rings (SSSR count). The van der Waals surface area contributed by atoms with Crippen LogP contribution in [0.3, 0.4) is 0 Å². The summed E-state index contributed by atoms with van der Waals surface area (Å²) in [6, 6.07) is 8.91. The number of aromatic nitrogens is 4. The van der Waals surface area contributed by atoms with Crippen molar-refractivity contribution >= 4 is 17.1 Å². The molecule has 5 nitrogen and oxygen atoms in total. The first kappa shape index (κ1) is 15.4. The molecule has 0 radical (unpaired) electrons. The number of imidazole rings is 2. The summed E-state index contributed by atoms with van der Waals surface area (Å²) in [6.07, 6.45) is 14.5. The minimum atomic E-state index is 0.528. The van der Waals surface area contributed by atoms with Crippen LogP contribution in [0.2, 0.25) is 0 Å². The molecule has 0 amide bonds. The second-order valence-corrected chi connectivity index (χ2v) is 7.33. The minimum absolute atomic E-state index is 0.528. The number of rotatable bonds is 3. The molecule has 4 heterocycles. The Morgan fingerprint density at radius 1 is 1.00 bits per heavy atom. The van der Waals surface area contributed by atoms with Gasteiger partial charge in [0.05, 0.1) is 0 Å². The van der Waals surface area contributed by atoms with Crippen molar-refractivity contribution in [2.45, 2.75) is 45.1 Å². The first-order chi connectivity index (χ1) is 12.8. The van der Waals surface area contributed by atoms with Gasteiger partial charge in [0.1, 0.15) is 22.8 Å². The largest absolute Gasteiger partial charge is 0.367 e. The van der Waals surface area contributed by atoms with E-state index < -0.39 is 0 Å². The van der Waals surface area contributed by atoms with Gasteiger partial charge in [-0.1, -0.05) is 25.3 Å². The van der Waals surface area contributed by atoms with Crippen molar-refractivity contribution in [2.75, 3.05) is 5.32 Å². The molecular weight excluding hydrogens is 322 g/mol. The normalized spacial score (nSPS) is 15.7. The first-order valence-corrected chi connectivity index (χ1v) is 9.46. The highest BCUT2D eigenvalue weighted by Crippen LogP contribution is 2.32. The van der Waals surface area contributed by atoms with Crippen molar-refractivity contribution in [3.05, 3.63) is 54.6 Å². The lowest BCUT2D eigenvalue weighted by Gasteiger charge is -2.24. The number of nitrogens with one attached hydrogen (secondary N) is 1. The van der Waals surface area contributed by atoms with Gasteiger partial charge in [0.25, 0.3) is 0 Å². The highest BCUT2D eigenvalue weighted by molar-refractivity contribution is 5.77. The third-order valence-corrected chi connectivity index (χ3v) is 5.37. The predicted octanol–water partition coefficient (Wildman–Crippen LogP) is 4.70. The Balaban J connectivity index is 1.66. The van der Waals surface area contributed by atoms with Crippen molar-refractivity contribution in [1.29, 1.82) is 0 Å². The van der Waals surface area contributed by atoms with Crippen molar-refractivity contribution < 1.29 is 0 Å². The standard InChI is InChI=1S/C21H23N5/c1-15-7-9-19-24-20(16-8-10-18-22-11-12-25(18)14-16)21(26(19)13-15)23-17-5-3-2-4-6-17/h7-14,17,23H,2-6H2,1H3. The maximum atomic E-state index is 4.95. The minimum Gasteiger partial charge on any atom is -0.367 e. The summed E-state index contributed by atoms with van der Waals surface area (Å²) in [4.78, 5) is 9.29. The van der Waals surface area contributed by atoms with Crippen LogP contribution in [0.1, 0.15) is 37.7 Å². The van der Waals surface area contributed by atoms with Gasteiger partial charge in [-0.2, -0.15) is 0 Å². The maximum Gasteiger partial charge on any atom is 0.139 e. The lowest BCUT2D eigenvalue weighted by molar-refractivity contribution is 0.461. The highest BCUT2D eigenvalue weighted by Gasteiger charge is 2.20. The van der Waals surface area contributed by atoms with Gasteiger partial charge < -0.3 is 9.72 Å². The molecule has 1 aliphatic carbocycles. The van der Waals surface area contributed by atoms with Gasteiger partial charge in [-0.15, -0.1) is 0 Å². The molecule has 0 aromatic carbocycles. The molecule has 1 N–H and O–H groups in total. The number of nitrogens with zero attached hydrogens (tertiary/aromatic N) is 4. The van der Waals surface area contributed by atoms with Crippen LogP contribution < -0.4 is 5.32 Å². The average molecular weight is 345 g/mol. The number of hydrogen-bond donors (Lipinski definition) is 1. The molecule has 0 saturated heterocycles. The van der Waals surface area contributed by atoms with E-state index in [1.165, 1.54) is 37.7 Å². The van der Waals surface area contributed by atoms with Crippen molar-refractivity contribution in [2.24, 2.45) is 0 Å². The number of pyridine rings is 2. The van der Waals surface area contributed by atoms with E-state index in [1.807, 2.05) is 12.4 Å². The fourth-order valence-corrected chi connectivity index (χ4v) is 3.99. The summed E-state index contributed by atoms with van der Waals surface area (Å²) in [5, 5.41) is 3.82. The van der Waals surface area contributed by atoms with Crippen LogP contribution in [-0.2, 0) is 0 Å². The van der Waals surface area contributed by atoms with Gasteiger partial charge in [-0.3, -0.25) is 4.40 Å². The number of aryl methyl sites for hydroxylation is 1. The molecule has 1 aliphatic rings. The molecular formula is C21H23N5. The van der Waals surface area contributed by atoms with E-state index in [-0.39, 0.29) is 0 Å². The Labute approximate surface area is 152 Å². The monoisotopic (exact) mass is 345 g/mol. The van der Waals surface area contributed by atoms with Gasteiger partial charge in [-0.25, -0.2) is 9.97 Å². The Morgan fingerprint density at radius 2 is 1.85 bits per heavy atom. The molecule has 4 aromatic heterocycles. The van der Waals surface area contributed by atoms with Gasteiger partial charge in [0.15, 0.2) is 0 Å². The topological polar surface area (TPSA) is 46.6 Å². The van der Waals surface area contributed by atoms with Crippen LogP contribution in [0.15, 0.2) is 49.1 Å². The second-order valence-electron chi connectivity index (χ2n) is 7.33. The van der Waals surface area contributed by atoms with Gasteiger partial charge >= 0.3 is 0 Å². The van der Waals surface area contributed by atoms with Crippen LogP contribution in [0.5, 0.6) is 0 Å². The van der Waals surface area contributed by atoms with E-state index in [2.05, 4.69) is 62.7 Å². The summed E-state index contributed by atoms with van der Waals surface area (Å²) >= 11 is 0. The zero-order chi connectivity index (χ0) is 17.5. The van der Waals surface area contributed by atoms with Crippen molar-refractivity contribution in [1.82, 2.24) is 18.8 Å². The van der Waals surface area contributed by atoms with E-state index in [0.29, 0.717) is 6.04 Å². The van der Waals surface area contributed by atoms with Crippen molar-refractivity contribution in [3.63, 3.8) is 0 Å². The molecule has 0 bridgehead atoms. The summed E-state index contributed by atoms with van der Waals surface area (Å²) in [7, 11) is 0. The Kier molecular flexibility index (Phi) is 3.66. The molecule has 132 valence electrons. The van der Waals surface area contributed by atoms with Gasteiger partial charge in [-0.05, 0) is 43.5 Å². The predicted molar refractivity (Wildman–Crippen MR) is 105 cm³/mol. The zero-order valence-corrected chi connectivity index (χ0v) is 15.0. The number of anilines is 1. The Hall–Kier alpha value is -2.82. The van der Waals surface area contributed by atoms with E-state index >= 15 is 0 Å². The van der Waals surface area contributed by atoms with Gasteiger partial charge in [0.2, 0.25) is 0 Å². The van der Waals surface area contributed by atoms with Crippen LogP contribution in [0, 0.1) is 6.92 Å². The highest BCUT2D eigenvalue weighted by atomic mass is 15.1. The Morgan fingerprint density at radius 3 is 2.73 bits per heavy atom. The first-order valence-electron chi connectivity index (χ1n) is 9.46. The maximum absolute atomic E-state index is 4.95. The molecule has 1 saturated carbocycles. The third kappa shape index (κ3) is 2.64. The summed E-state index contributed by atoms with van der Waals surface area (Å²) in [5.74, 6) is 1.11. The van der Waals surface area contributed by atoms with E-state index in [1.54, 1.807) is 0 Å². The molecule has 0 unspecified atom stereocenters. The van der Waals surface area contributed by atoms with E-state index in [9.17, 15) is 0 Å². The number of hydrogen-bond acceptors (Lipinski definition) is 3. The van der Waals surface area contributed by atoms with Crippen molar-refractivity contribution in [3.8, 4) is 11.3 Å². The third-order valence-electron chi connectivity index (χ3n) is 5.37. The molecule has 4 aromatic rings. The fourth-order valence-electron chi connectivity index (χ4n) is 3.99. The van der Waals surface area contributed by atoms with Gasteiger partial charge in [0, 0.05) is 36.4 Å². The number of fused-ring (bicyclic) bond motifs is 2. The smallest absolute Gasteiger partial charge is 0.139 e. The molecule has 26 heavy (non-hydrogen) atoms. The fraction of sp³-hybridized carbons (Fsp3) is 0.333. The quantitative estimate of drug-likeness (QED) is 0.585. The van der Waals surface area contributed by atoms with E-state index in [0.717, 1.165) is 28.4 Å². The summed E-state index contributed by atoms with van der Waals surface area (Å²) < 4.78 is 4.26.